The number of anilines is 3. The predicted octanol–water partition coefficient (Wildman–Crippen LogP) is 5.61. The van der Waals surface area contributed by atoms with Crippen LogP contribution in [-0.2, 0) is 9.84 Å². The molecule has 13 nitrogen and oxygen atoms in total. The molecule has 4 N–H and O–H groups in total. The van der Waals surface area contributed by atoms with Crippen LogP contribution in [0.3, 0.4) is 0 Å². The van der Waals surface area contributed by atoms with E-state index in [0.29, 0.717) is 59.4 Å². The number of piperidine rings is 2. The molecule has 16 heteroatoms. The summed E-state index contributed by atoms with van der Waals surface area (Å²) in [5.41, 5.74) is 2.42. The zero-order valence-electron chi connectivity index (χ0n) is 27.8. The van der Waals surface area contributed by atoms with Gasteiger partial charge in [0.2, 0.25) is 15.8 Å². The van der Waals surface area contributed by atoms with Crippen LogP contribution in [0.25, 0.3) is 21.5 Å². The van der Waals surface area contributed by atoms with E-state index in [1.54, 1.807) is 26.5 Å². The fraction of sp³-hybridized carbons (Fsp3) is 0.353. The lowest BCUT2D eigenvalue weighted by Gasteiger charge is -2.43. The highest BCUT2D eigenvalue weighted by Gasteiger charge is 2.30. The Kier molecular flexibility index (Phi) is 9.69. The molecule has 2 aliphatic heterocycles. The van der Waals surface area contributed by atoms with E-state index in [9.17, 15) is 22.3 Å². The molecule has 0 aliphatic carbocycles. The summed E-state index contributed by atoms with van der Waals surface area (Å²) in [7, 11) is -4.56. The molecule has 0 amide bonds. The Hall–Kier alpha value is -3.90. The number of hydrogen-bond acceptors (Lipinski definition) is 13. The number of nitrogens with one attached hydrogen (secondary N) is 2. The van der Waals surface area contributed by atoms with Crippen molar-refractivity contribution in [2.24, 2.45) is 0 Å². The molecular formula is C34H40N8O5S3. The standard InChI is InChI=1S/C34H40N8O5S3/c1-40(26-7-13-35-14-8-26)25-5-3-24(4-6-25)38-34-37-21-23-19-30(31-20-29(22-48-31)50(46,47)28-9-15-36-16-10-28)33(43)42(32(23)39-34)27-11-17-41(18-12-27)49(2,44)45/h3-6,9-10,15-16,19-22,26-27,35,44-45H,7-8,11-14,17-18H2,1-2H3,(H,37,38,39). The maximum Gasteiger partial charge on any atom is 0.261 e. The molecule has 5 aromatic rings. The minimum atomic E-state index is -3.81. The van der Waals surface area contributed by atoms with Gasteiger partial charge >= 0.3 is 0 Å². The molecule has 264 valence electrons. The lowest BCUT2D eigenvalue weighted by atomic mass is 10.0. The van der Waals surface area contributed by atoms with Crippen LogP contribution in [0.5, 0.6) is 0 Å². The Balaban J connectivity index is 1.23. The normalized spacial score (nSPS) is 17.2. The van der Waals surface area contributed by atoms with Gasteiger partial charge in [-0.2, -0.15) is 4.98 Å². The summed E-state index contributed by atoms with van der Waals surface area (Å²) in [4.78, 5) is 30.8. The van der Waals surface area contributed by atoms with Gasteiger partial charge in [0.1, 0.15) is 5.65 Å². The van der Waals surface area contributed by atoms with Crippen LogP contribution in [0.1, 0.15) is 31.7 Å². The number of benzene rings is 1. The molecule has 2 saturated heterocycles. The van der Waals surface area contributed by atoms with Crippen LogP contribution < -0.4 is 21.1 Å². The first-order valence-corrected chi connectivity index (χ1v) is 20.7. The van der Waals surface area contributed by atoms with Crippen LogP contribution in [-0.4, -0.2) is 86.9 Å². The third-order valence-electron chi connectivity index (χ3n) is 9.55. The maximum absolute atomic E-state index is 14.4. The molecule has 1 aromatic carbocycles. The highest BCUT2D eigenvalue weighted by molar-refractivity contribution is 8.21. The number of sulfone groups is 1. The minimum Gasteiger partial charge on any atom is -0.372 e. The van der Waals surface area contributed by atoms with E-state index in [4.69, 9.17) is 4.98 Å². The predicted molar refractivity (Wildman–Crippen MR) is 199 cm³/mol. The van der Waals surface area contributed by atoms with Gasteiger partial charge in [-0.1, -0.05) is 0 Å². The number of aromatic nitrogens is 4. The summed E-state index contributed by atoms with van der Waals surface area (Å²) in [6.45, 7) is 2.82. The molecule has 4 aromatic heterocycles. The highest BCUT2D eigenvalue weighted by atomic mass is 32.3. The monoisotopic (exact) mass is 736 g/mol. The molecule has 0 atom stereocenters. The molecule has 0 spiro atoms. The van der Waals surface area contributed by atoms with Crippen molar-refractivity contribution >= 4 is 60.3 Å². The van der Waals surface area contributed by atoms with E-state index in [1.165, 1.54) is 48.2 Å². The van der Waals surface area contributed by atoms with Crippen molar-refractivity contribution in [1.82, 2.24) is 29.1 Å². The van der Waals surface area contributed by atoms with E-state index in [1.807, 2.05) is 12.1 Å². The first-order valence-electron chi connectivity index (χ1n) is 16.4. The van der Waals surface area contributed by atoms with Crippen LogP contribution in [0.15, 0.2) is 87.1 Å². The fourth-order valence-electron chi connectivity index (χ4n) is 6.71. The average Bonchev–Trinajstić information content (AvgIpc) is 3.63. The lowest BCUT2D eigenvalue weighted by molar-refractivity contribution is 0.254. The van der Waals surface area contributed by atoms with Gasteiger partial charge in [0.25, 0.3) is 5.56 Å². The molecule has 0 unspecified atom stereocenters. The maximum atomic E-state index is 14.4. The van der Waals surface area contributed by atoms with E-state index in [0.717, 1.165) is 37.3 Å². The first kappa shape index (κ1) is 34.5. The molecule has 2 aliphatic rings. The summed E-state index contributed by atoms with van der Waals surface area (Å²) in [6, 6.07) is 14.5. The number of fused-ring (bicyclic) bond motifs is 1. The zero-order valence-corrected chi connectivity index (χ0v) is 30.2. The van der Waals surface area contributed by atoms with Gasteiger partial charge in [-0.05, 0) is 87.3 Å². The summed E-state index contributed by atoms with van der Waals surface area (Å²) in [6.07, 6.45) is 9.12. The molecule has 50 heavy (non-hydrogen) atoms. The average molecular weight is 737 g/mol. The van der Waals surface area contributed by atoms with Gasteiger partial charge in [-0.15, -0.1) is 22.1 Å². The summed E-state index contributed by atoms with van der Waals surface area (Å²) in [5, 5.41) is 8.87. The molecule has 7 rings (SSSR count). The molecule has 6 heterocycles. The van der Waals surface area contributed by atoms with Gasteiger partial charge in [0, 0.05) is 84.1 Å². The second-order valence-electron chi connectivity index (χ2n) is 12.8. The van der Waals surface area contributed by atoms with Gasteiger partial charge < -0.3 is 15.5 Å². The Morgan fingerprint density at radius 2 is 1.68 bits per heavy atom. The number of thiophene rings is 1. The molecule has 2 fully saturated rings. The lowest BCUT2D eigenvalue weighted by Crippen LogP contribution is -2.41. The van der Waals surface area contributed by atoms with Gasteiger partial charge in [0.15, 0.2) is 0 Å². The van der Waals surface area contributed by atoms with E-state index >= 15 is 0 Å². The largest absolute Gasteiger partial charge is 0.372 e. The number of nitrogens with zero attached hydrogens (tertiary/aromatic N) is 6. The van der Waals surface area contributed by atoms with Gasteiger partial charge in [0.05, 0.1) is 15.4 Å². The number of hydrogen-bond donors (Lipinski definition) is 4. The SMILES string of the molecule is CN(c1ccc(Nc2ncc3cc(-c4cc(S(=O)(=O)c5ccncc5)cs4)c(=O)n(C4CCN(S(C)(O)O)CC4)c3n2)cc1)C1CCNCC1. The van der Waals surface area contributed by atoms with Crippen LogP contribution in [0.2, 0.25) is 0 Å². The zero-order chi connectivity index (χ0) is 35.0. The van der Waals surface area contributed by atoms with Crippen LogP contribution >= 0.6 is 22.1 Å². The molecule has 0 saturated carbocycles. The smallest absolute Gasteiger partial charge is 0.261 e. The van der Waals surface area contributed by atoms with Crippen molar-refractivity contribution < 1.29 is 17.5 Å². The minimum absolute atomic E-state index is 0.0972. The summed E-state index contributed by atoms with van der Waals surface area (Å²) >= 11 is 1.18. The second-order valence-corrected chi connectivity index (χ2v) is 17.7. The van der Waals surface area contributed by atoms with Crippen molar-refractivity contribution in [3.63, 3.8) is 0 Å². The van der Waals surface area contributed by atoms with E-state index in [2.05, 4.69) is 44.7 Å². The van der Waals surface area contributed by atoms with Crippen molar-refractivity contribution in [1.29, 1.82) is 0 Å². The van der Waals surface area contributed by atoms with Gasteiger partial charge in [-0.25, -0.2) is 17.7 Å². The quantitative estimate of drug-likeness (QED) is 0.148. The van der Waals surface area contributed by atoms with Crippen molar-refractivity contribution in [2.45, 2.75) is 47.6 Å². The van der Waals surface area contributed by atoms with E-state index in [-0.39, 0.29) is 21.4 Å². The Morgan fingerprint density at radius 1 is 0.980 bits per heavy atom. The fourth-order valence-corrected chi connectivity index (χ4v) is 10.1. The molecule has 0 radical (unpaired) electrons. The van der Waals surface area contributed by atoms with Crippen molar-refractivity contribution in [3.05, 3.63) is 82.9 Å². The van der Waals surface area contributed by atoms with Gasteiger partial charge in [-0.3, -0.25) is 23.5 Å². The third kappa shape index (κ3) is 7.01. The summed E-state index contributed by atoms with van der Waals surface area (Å²) < 4.78 is 50.5. The Bertz CT molecular complexity index is 2140. The number of rotatable bonds is 9. The van der Waals surface area contributed by atoms with Crippen molar-refractivity contribution in [3.8, 4) is 10.4 Å². The highest BCUT2D eigenvalue weighted by Crippen LogP contribution is 2.42. The third-order valence-corrected chi connectivity index (χ3v) is 13.8. The second kappa shape index (κ2) is 14.0. The summed E-state index contributed by atoms with van der Waals surface area (Å²) in [5.74, 6) is 0.333. The first-order chi connectivity index (χ1) is 24.0. The van der Waals surface area contributed by atoms with Crippen LogP contribution in [0, 0.1) is 0 Å². The number of pyridine rings is 2. The molecule has 0 bridgehead atoms. The van der Waals surface area contributed by atoms with Crippen molar-refractivity contribution in [2.75, 3.05) is 49.7 Å². The Morgan fingerprint density at radius 3 is 2.36 bits per heavy atom. The van der Waals surface area contributed by atoms with E-state index < -0.39 is 20.6 Å². The Labute approximate surface area is 296 Å². The van der Waals surface area contributed by atoms with Crippen LogP contribution in [0.4, 0.5) is 17.3 Å². The molecular weight excluding hydrogens is 697 g/mol. The topological polar surface area (TPSA) is 166 Å².